The number of amides is 1. The van der Waals surface area contributed by atoms with Gasteiger partial charge in [-0.1, -0.05) is 11.6 Å². The van der Waals surface area contributed by atoms with E-state index in [0.29, 0.717) is 17.9 Å². The second-order valence-corrected chi connectivity index (χ2v) is 9.72. The molecule has 0 aliphatic carbocycles. The molecule has 1 heterocycles. The first kappa shape index (κ1) is 21.3. The number of nitrogens with one attached hydrogen (secondary N) is 2. The van der Waals surface area contributed by atoms with Crippen LogP contribution in [0.15, 0.2) is 36.4 Å². The van der Waals surface area contributed by atoms with Crippen molar-refractivity contribution >= 4 is 33.2 Å². The number of sulfonamides is 1. The largest absolute Gasteiger partial charge is 0.497 e. The van der Waals surface area contributed by atoms with Crippen LogP contribution in [0, 0.1) is 0 Å². The van der Waals surface area contributed by atoms with E-state index in [1.807, 2.05) is 26.0 Å². The van der Waals surface area contributed by atoms with Crippen molar-refractivity contribution < 1.29 is 22.7 Å². The lowest BCUT2D eigenvalue weighted by Crippen LogP contribution is -2.41. The fourth-order valence-electron chi connectivity index (χ4n) is 3.30. The summed E-state index contributed by atoms with van der Waals surface area (Å²) in [5.74, 6) is 0.915. The molecule has 0 saturated heterocycles. The molecule has 29 heavy (non-hydrogen) atoms. The van der Waals surface area contributed by atoms with Crippen LogP contribution in [0.5, 0.6) is 11.5 Å². The van der Waals surface area contributed by atoms with E-state index in [1.54, 1.807) is 13.2 Å². The van der Waals surface area contributed by atoms with Gasteiger partial charge in [-0.25, -0.2) is 8.42 Å². The van der Waals surface area contributed by atoms with Crippen LogP contribution in [-0.2, 0) is 10.0 Å². The molecule has 2 aromatic rings. The Morgan fingerprint density at radius 3 is 2.62 bits per heavy atom. The molecule has 9 heteroatoms. The number of carbonyl (C=O) groups is 1. The number of hydrogen-bond acceptors (Lipinski definition) is 5. The second kappa shape index (κ2) is 7.76. The zero-order valence-corrected chi connectivity index (χ0v) is 18.1. The Hall–Kier alpha value is -2.45. The molecule has 0 fully saturated rings. The smallest absolute Gasteiger partial charge is 0.253 e. The molecule has 1 atom stereocenters. The molecule has 0 saturated carbocycles. The zero-order valence-electron chi connectivity index (χ0n) is 16.6. The number of benzene rings is 2. The Bertz CT molecular complexity index is 1050. The third-order valence-corrected chi connectivity index (χ3v) is 5.43. The van der Waals surface area contributed by atoms with Crippen molar-refractivity contribution in [1.29, 1.82) is 0 Å². The molecule has 1 aliphatic rings. The summed E-state index contributed by atoms with van der Waals surface area (Å²) in [5, 5.41) is 3.21. The van der Waals surface area contributed by atoms with Gasteiger partial charge in [-0.3, -0.25) is 9.52 Å². The minimum Gasteiger partial charge on any atom is -0.497 e. The number of methoxy groups -OCH3 is 1. The van der Waals surface area contributed by atoms with Crippen LogP contribution < -0.4 is 19.5 Å². The quantitative estimate of drug-likeness (QED) is 0.741. The van der Waals surface area contributed by atoms with E-state index in [1.165, 1.54) is 18.2 Å². The summed E-state index contributed by atoms with van der Waals surface area (Å²) in [6.07, 6.45) is 1.58. The van der Waals surface area contributed by atoms with E-state index in [4.69, 9.17) is 21.1 Å². The van der Waals surface area contributed by atoms with Crippen molar-refractivity contribution in [2.24, 2.45) is 0 Å². The lowest BCUT2D eigenvalue weighted by Gasteiger charge is -2.38. The molecule has 1 aliphatic heterocycles. The maximum Gasteiger partial charge on any atom is 0.253 e. The molecule has 0 aromatic heterocycles. The maximum atomic E-state index is 13.0. The van der Waals surface area contributed by atoms with Crippen LogP contribution in [0.2, 0.25) is 5.02 Å². The van der Waals surface area contributed by atoms with Crippen LogP contribution in [0.4, 0.5) is 5.69 Å². The van der Waals surface area contributed by atoms with Crippen LogP contribution in [0.25, 0.3) is 0 Å². The highest BCUT2D eigenvalue weighted by atomic mass is 35.5. The molecule has 2 N–H and O–H groups in total. The highest BCUT2D eigenvalue weighted by Gasteiger charge is 2.35. The molecule has 0 radical (unpaired) electrons. The van der Waals surface area contributed by atoms with Gasteiger partial charge in [-0.05, 0) is 50.2 Å². The van der Waals surface area contributed by atoms with Crippen LogP contribution in [0.1, 0.15) is 42.2 Å². The summed E-state index contributed by atoms with van der Waals surface area (Å²) >= 11 is 6.20. The lowest BCUT2D eigenvalue weighted by atomic mass is 9.89. The number of halogens is 1. The normalized spacial score (nSPS) is 17.6. The number of rotatable bonds is 5. The van der Waals surface area contributed by atoms with Gasteiger partial charge in [0, 0.05) is 17.7 Å². The van der Waals surface area contributed by atoms with Crippen molar-refractivity contribution in [2.75, 3.05) is 18.1 Å². The van der Waals surface area contributed by atoms with Gasteiger partial charge in [0.15, 0.2) is 0 Å². The summed E-state index contributed by atoms with van der Waals surface area (Å²) in [4.78, 5) is 13.0. The third-order valence-electron chi connectivity index (χ3n) is 4.49. The summed E-state index contributed by atoms with van der Waals surface area (Å²) in [6.45, 7) is 3.89. The Balaban J connectivity index is 1.92. The summed E-state index contributed by atoms with van der Waals surface area (Å²) < 4.78 is 36.6. The second-order valence-electron chi connectivity index (χ2n) is 7.56. The molecule has 2 aromatic carbocycles. The molecule has 3 rings (SSSR count). The molecule has 7 nitrogen and oxygen atoms in total. The predicted molar refractivity (Wildman–Crippen MR) is 112 cm³/mol. The number of carbonyl (C=O) groups excluding carboxylic acids is 1. The van der Waals surface area contributed by atoms with E-state index in [9.17, 15) is 13.2 Å². The van der Waals surface area contributed by atoms with Crippen LogP contribution in [-0.4, -0.2) is 33.3 Å². The van der Waals surface area contributed by atoms with Gasteiger partial charge in [-0.2, -0.15) is 0 Å². The highest BCUT2D eigenvalue weighted by Crippen LogP contribution is 2.41. The first-order chi connectivity index (χ1) is 13.5. The van der Waals surface area contributed by atoms with Gasteiger partial charge < -0.3 is 14.8 Å². The van der Waals surface area contributed by atoms with Crippen molar-refractivity contribution in [3.8, 4) is 11.5 Å². The van der Waals surface area contributed by atoms with E-state index in [0.717, 1.165) is 11.8 Å². The standard InChI is InChI=1S/C20H23ClN2O5S/c1-20(2)11-17(15-10-13(27-3)6-8-18(15)28-20)22-19(24)14-9-12(5-7-16(14)21)23-29(4,25)26/h5-10,17,23H,11H2,1-4H3,(H,22,24)/t17-/m1/s1. The maximum absolute atomic E-state index is 13.0. The third kappa shape index (κ3) is 5.13. The Morgan fingerprint density at radius 2 is 1.97 bits per heavy atom. The van der Waals surface area contributed by atoms with Crippen LogP contribution >= 0.6 is 11.6 Å². The Labute approximate surface area is 175 Å². The van der Waals surface area contributed by atoms with Crippen molar-refractivity contribution in [2.45, 2.75) is 31.9 Å². The van der Waals surface area contributed by atoms with Gasteiger partial charge in [0.2, 0.25) is 10.0 Å². The molecular formula is C20H23ClN2O5S. The fourth-order valence-corrected chi connectivity index (χ4v) is 4.06. The predicted octanol–water partition coefficient (Wildman–Crippen LogP) is 3.75. The van der Waals surface area contributed by atoms with Gasteiger partial charge in [0.25, 0.3) is 5.91 Å². The Kier molecular flexibility index (Phi) is 5.69. The number of hydrogen-bond donors (Lipinski definition) is 2. The Morgan fingerprint density at radius 1 is 1.24 bits per heavy atom. The fraction of sp³-hybridized carbons (Fsp3) is 0.350. The van der Waals surface area contributed by atoms with E-state index >= 15 is 0 Å². The van der Waals surface area contributed by atoms with Gasteiger partial charge in [-0.15, -0.1) is 0 Å². The molecule has 0 unspecified atom stereocenters. The number of anilines is 1. The summed E-state index contributed by atoms with van der Waals surface area (Å²) in [5.41, 5.74) is 0.757. The van der Waals surface area contributed by atoms with Crippen molar-refractivity contribution in [3.63, 3.8) is 0 Å². The SMILES string of the molecule is COc1ccc2c(c1)[C@H](NC(=O)c1cc(NS(C)(=O)=O)ccc1Cl)CC(C)(C)O2. The first-order valence-corrected chi connectivity index (χ1v) is 11.2. The van der Waals surface area contributed by atoms with Crippen molar-refractivity contribution in [1.82, 2.24) is 5.32 Å². The number of ether oxygens (including phenoxy) is 2. The van der Waals surface area contributed by atoms with Gasteiger partial charge in [0.05, 0.1) is 30.0 Å². The minimum absolute atomic E-state index is 0.175. The monoisotopic (exact) mass is 438 g/mol. The summed E-state index contributed by atoms with van der Waals surface area (Å²) in [6, 6.07) is 9.51. The molecular weight excluding hydrogens is 416 g/mol. The highest BCUT2D eigenvalue weighted by molar-refractivity contribution is 7.92. The molecule has 1 amide bonds. The lowest BCUT2D eigenvalue weighted by molar-refractivity contribution is 0.0618. The zero-order chi connectivity index (χ0) is 21.4. The minimum atomic E-state index is -3.48. The molecule has 0 spiro atoms. The van der Waals surface area contributed by atoms with E-state index in [2.05, 4.69) is 10.0 Å². The van der Waals surface area contributed by atoms with Crippen molar-refractivity contribution in [3.05, 3.63) is 52.5 Å². The topological polar surface area (TPSA) is 93.7 Å². The van der Waals surface area contributed by atoms with Crippen LogP contribution in [0.3, 0.4) is 0 Å². The molecule has 156 valence electrons. The van der Waals surface area contributed by atoms with Gasteiger partial charge in [0.1, 0.15) is 17.1 Å². The van der Waals surface area contributed by atoms with E-state index in [-0.39, 0.29) is 22.3 Å². The van der Waals surface area contributed by atoms with E-state index < -0.39 is 21.5 Å². The first-order valence-electron chi connectivity index (χ1n) is 8.92. The number of fused-ring (bicyclic) bond motifs is 1. The summed E-state index contributed by atoms with van der Waals surface area (Å²) in [7, 11) is -1.91. The van der Waals surface area contributed by atoms with Gasteiger partial charge >= 0.3 is 0 Å². The average molecular weight is 439 g/mol. The average Bonchev–Trinajstić information content (AvgIpc) is 2.61. The molecule has 0 bridgehead atoms.